The summed E-state index contributed by atoms with van der Waals surface area (Å²) >= 11 is 0. The van der Waals surface area contributed by atoms with Gasteiger partial charge in [0.15, 0.2) is 0 Å². The molecule has 0 radical (unpaired) electrons. The number of hydrogen-bond acceptors (Lipinski definition) is 5. The molecule has 1 aliphatic rings. The predicted molar refractivity (Wildman–Crippen MR) is 80.8 cm³/mol. The third-order valence-corrected chi connectivity index (χ3v) is 3.90. The maximum absolute atomic E-state index is 5.00. The van der Waals surface area contributed by atoms with E-state index in [9.17, 15) is 0 Å². The van der Waals surface area contributed by atoms with E-state index in [0.717, 1.165) is 43.7 Å². The molecule has 0 amide bonds. The maximum atomic E-state index is 5.00. The number of aromatic nitrogens is 2. The molecule has 0 bridgehead atoms. The zero-order chi connectivity index (χ0) is 14.4. The average Bonchev–Trinajstić information content (AvgIpc) is 2.45. The second-order valence-electron chi connectivity index (χ2n) is 5.73. The summed E-state index contributed by atoms with van der Waals surface area (Å²) in [5.41, 5.74) is 1.11. The van der Waals surface area contributed by atoms with E-state index < -0.39 is 0 Å². The summed E-state index contributed by atoms with van der Waals surface area (Å²) in [5.74, 6) is 1.68. The first-order chi connectivity index (χ1) is 9.70. The van der Waals surface area contributed by atoms with Gasteiger partial charge in [0.2, 0.25) is 5.95 Å². The Balaban J connectivity index is 1.87. The number of rotatable bonds is 6. The van der Waals surface area contributed by atoms with Crippen molar-refractivity contribution in [3.05, 3.63) is 18.0 Å². The molecule has 112 valence electrons. The Bertz CT molecular complexity index is 395. The van der Waals surface area contributed by atoms with Crippen LogP contribution in [0.25, 0.3) is 0 Å². The van der Waals surface area contributed by atoms with E-state index in [-0.39, 0.29) is 0 Å². The van der Waals surface area contributed by atoms with Gasteiger partial charge in [-0.3, -0.25) is 0 Å². The summed E-state index contributed by atoms with van der Waals surface area (Å²) in [4.78, 5) is 11.4. The van der Waals surface area contributed by atoms with Crippen LogP contribution in [0.1, 0.15) is 32.3 Å². The molecule has 0 saturated carbocycles. The Morgan fingerprint density at radius 3 is 2.75 bits per heavy atom. The average molecular weight is 278 g/mol. The van der Waals surface area contributed by atoms with Crippen LogP contribution < -0.4 is 10.2 Å². The van der Waals surface area contributed by atoms with Crippen LogP contribution in [0.15, 0.2) is 12.4 Å². The minimum atomic E-state index is 0.532. The van der Waals surface area contributed by atoms with Crippen molar-refractivity contribution in [2.75, 3.05) is 31.7 Å². The monoisotopic (exact) mass is 278 g/mol. The van der Waals surface area contributed by atoms with Crippen LogP contribution in [0.2, 0.25) is 0 Å². The first-order valence-corrected chi connectivity index (χ1v) is 7.48. The Hall–Kier alpha value is -1.20. The molecular weight excluding hydrogens is 252 g/mol. The van der Waals surface area contributed by atoms with Crippen LogP contribution in [-0.4, -0.2) is 42.8 Å². The summed E-state index contributed by atoms with van der Waals surface area (Å²) in [7, 11) is 1.71. The molecule has 5 heteroatoms. The first kappa shape index (κ1) is 15.2. The van der Waals surface area contributed by atoms with Gasteiger partial charge in [0, 0.05) is 50.7 Å². The van der Waals surface area contributed by atoms with Crippen LogP contribution >= 0.6 is 0 Å². The standard InChI is InChI=1S/C15H26N4O/c1-12-4-6-19(13(2)8-12)15-17-10-14(11-18-15)9-16-5-7-20-3/h10-13,16H,4-9H2,1-3H3. The molecule has 0 aliphatic carbocycles. The maximum Gasteiger partial charge on any atom is 0.225 e. The summed E-state index contributed by atoms with van der Waals surface area (Å²) in [5, 5.41) is 3.30. The Morgan fingerprint density at radius 1 is 1.35 bits per heavy atom. The number of methoxy groups -OCH3 is 1. The highest BCUT2D eigenvalue weighted by molar-refractivity contribution is 5.32. The van der Waals surface area contributed by atoms with Gasteiger partial charge in [0.25, 0.3) is 0 Å². The van der Waals surface area contributed by atoms with E-state index >= 15 is 0 Å². The number of anilines is 1. The van der Waals surface area contributed by atoms with Gasteiger partial charge in [-0.1, -0.05) is 6.92 Å². The van der Waals surface area contributed by atoms with Gasteiger partial charge < -0.3 is 15.0 Å². The van der Waals surface area contributed by atoms with Crippen molar-refractivity contribution in [2.45, 2.75) is 39.3 Å². The van der Waals surface area contributed by atoms with E-state index in [4.69, 9.17) is 4.74 Å². The van der Waals surface area contributed by atoms with Crippen LogP contribution in [0.5, 0.6) is 0 Å². The van der Waals surface area contributed by atoms with Crippen molar-refractivity contribution in [1.82, 2.24) is 15.3 Å². The topological polar surface area (TPSA) is 50.3 Å². The van der Waals surface area contributed by atoms with Crippen molar-refractivity contribution < 1.29 is 4.74 Å². The summed E-state index contributed by atoms with van der Waals surface area (Å²) < 4.78 is 5.00. The van der Waals surface area contributed by atoms with Gasteiger partial charge in [-0.2, -0.15) is 0 Å². The van der Waals surface area contributed by atoms with E-state index in [2.05, 4.69) is 34.0 Å². The molecule has 1 fully saturated rings. The number of nitrogens with zero attached hydrogens (tertiary/aromatic N) is 3. The second-order valence-corrected chi connectivity index (χ2v) is 5.73. The molecule has 2 heterocycles. The Labute approximate surface area is 121 Å². The van der Waals surface area contributed by atoms with Crippen LogP contribution in [0.3, 0.4) is 0 Å². The molecule has 20 heavy (non-hydrogen) atoms. The smallest absolute Gasteiger partial charge is 0.225 e. The number of nitrogens with one attached hydrogen (secondary N) is 1. The minimum absolute atomic E-state index is 0.532. The molecule has 1 aromatic rings. The molecule has 1 N–H and O–H groups in total. The Morgan fingerprint density at radius 2 is 2.10 bits per heavy atom. The molecule has 0 aromatic carbocycles. The van der Waals surface area contributed by atoms with Crippen LogP contribution in [-0.2, 0) is 11.3 Å². The number of piperidine rings is 1. The quantitative estimate of drug-likeness (QED) is 0.805. The number of hydrogen-bond donors (Lipinski definition) is 1. The van der Waals surface area contributed by atoms with Crippen molar-refractivity contribution >= 4 is 5.95 Å². The minimum Gasteiger partial charge on any atom is -0.383 e. The molecular formula is C15H26N4O. The molecule has 2 unspecified atom stereocenters. The molecule has 2 rings (SSSR count). The van der Waals surface area contributed by atoms with Crippen molar-refractivity contribution in [1.29, 1.82) is 0 Å². The van der Waals surface area contributed by atoms with E-state index in [1.807, 2.05) is 12.4 Å². The summed E-state index contributed by atoms with van der Waals surface area (Å²) in [6.45, 7) is 8.01. The van der Waals surface area contributed by atoms with Gasteiger partial charge in [0.05, 0.1) is 6.61 Å². The van der Waals surface area contributed by atoms with Crippen LogP contribution in [0.4, 0.5) is 5.95 Å². The third-order valence-electron chi connectivity index (χ3n) is 3.90. The van der Waals surface area contributed by atoms with Gasteiger partial charge in [-0.25, -0.2) is 9.97 Å². The fourth-order valence-electron chi connectivity index (χ4n) is 2.70. The first-order valence-electron chi connectivity index (χ1n) is 7.48. The zero-order valence-electron chi connectivity index (χ0n) is 12.8. The highest BCUT2D eigenvalue weighted by atomic mass is 16.5. The highest BCUT2D eigenvalue weighted by Crippen LogP contribution is 2.25. The molecule has 1 aliphatic heterocycles. The van der Waals surface area contributed by atoms with Gasteiger partial charge in [-0.15, -0.1) is 0 Å². The molecule has 1 saturated heterocycles. The van der Waals surface area contributed by atoms with Gasteiger partial charge in [-0.05, 0) is 25.7 Å². The SMILES string of the molecule is COCCNCc1cnc(N2CCC(C)CC2C)nc1. The largest absolute Gasteiger partial charge is 0.383 e. The van der Waals surface area contributed by atoms with Crippen molar-refractivity contribution in [3.8, 4) is 0 Å². The molecule has 2 atom stereocenters. The molecule has 5 nitrogen and oxygen atoms in total. The van der Waals surface area contributed by atoms with Crippen molar-refractivity contribution in [2.24, 2.45) is 5.92 Å². The lowest BCUT2D eigenvalue weighted by molar-refractivity contribution is 0.199. The second kappa shape index (κ2) is 7.55. The number of ether oxygens (including phenoxy) is 1. The lowest BCUT2D eigenvalue weighted by atomic mass is 9.94. The third kappa shape index (κ3) is 4.15. The highest BCUT2D eigenvalue weighted by Gasteiger charge is 2.24. The summed E-state index contributed by atoms with van der Waals surface area (Å²) in [6, 6.07) is 0.532. The van der Waals surface area contributed by atoms with E-state index in [0.29, 0.717) is 6.04 Å². The fourth-order valence-corrected chi connectivity index (χ4v) is 2.70. The summed E-state index contributed by atoms with van der Waals surface area (Å²) in [6.07, 6.45) is 6.30. The normalized spacial score (nSPS) is 23.1. The zero-order valence-corrected chi connectivity index (χ0v) is 12.8. The van der Waals surface area contributed by atoms with E-state index in [1.165, 1.54) is 12.8 Å². The predicted octanol–water partition coefficient (Wildman–Crippen LogP) is 1.84. The fraction of sp³-hybridized carbons (Fsp3) is 0.733. The van der Waals surface area contributed by atoms with Crippen molar-refractivity contribution in [3.63, 3.8) is 0 Å². The molecule has 0 spiro atoms. The lowest BCUT2D eigenvalue weighted by Gasteiger charge is -2.36. The molecule has 1 aromatic heterocycles. The van der Waals surface area contributed by atoms with E-state index in [1.54, 1.807) is 7.11 Å². The lowest BCUT2D eigenvalue weighted by Crippen LogP contribution is -2.41. The van der Waals surface area contributed by atoms with Gasteiger partial charge >= 0.3 is 0 Å². The van der Waals surface area contributed by atoms with Gasteiger partial charge in [0.1, 0.15) is 0 Å². The van der Waals surface area contributed by atoms with Crippen LogP contribution in [0, 0.1) is 5.92 Å². The Kier molecular flexibility index (Phi) is 5.73.